The van der Waals surface area contributed by atoms with E-state index in [-0.39, 0.29) is 6.10 Å². The van der Waals surface area contributed by atoms with Crippen molar-refractivity contribution in [2.24, 2.45) is 5.92 Å². The quantitative estimate of drug-likeness (QED) is 0.520. The van der Waals surface area contributed by atoms with Crippen molar-refractivity contribution in [3.63, 3.8) is 0 Å². The topological polar surface area (TPSA) is 19.9 Å². The zero-order chi connectivity index (χ0) is 6.57. The minimum absolute atomic E-state index is 0.375. The summed E-state index contributed by atoms with van der Waals surface area (Å²) in [5, 5.41) is 10.5. The van der Waals surface area contributed by atoms with E-state index in [1.807, 2.05) is 0 Å². The van der Waals surface area contributed by atoms with Gasteiger partial charge < -0.3 is 0 Å². The van der Waals surface area contributed by atoms with Crippen LogP contribution in [0.2, 0.25) is 0 Å². The number of alkyl halides is 1. The first-order chi connectivity index (χ1) is 3.66. The fourth-order valence-corrected chi connectivity index (χ4v) is 0.989. The molecule has 8 heavy (non-hydrogen) atoms. The van der Waals surface area contributed by atoms with Crippen LogP contribution in [0.3, 0.4) is 0 Å². The van der Waals surface area contributed by atoms with Crippen molar-refractivity contribution in [3.8, 4) is 0 Å². The molecule has 2 heteroatoms. The monoisotopic (exact) mass is 227 g/mol. The Morgan fingerprint density at radius 2 is 2.00 bits per heavy atom. The van der Waals surface area contributed by atoms with Crippen molar-refractivity contribution in [3.05, 3.63) is 0 Å². The molecule has 0 aliphatic heterocycles. The van der Waals surface area contributed by atoms with Gasteiger partial charge in [0.2, 0.25) is 0 Å². The van der Waals surface area contributed by atoms with Crippen molar-refractivity contribution < 1.29 is 5.11 Å². The molecule has 0 saturated carbocycles. The van der Waals surface area contributed by atoms with Crippen LogP contribution in [0.5, 0.6) is 0 Å². The minimum Gasteiger partial charge on any atom is -0.233 e. The van der Waals surface area contributed by atoms with Gasteiger partial charge in [0.25, 0.3) is 0 Å². The minimum atomic E-state index is -0.375. The zero-order valence-electron chi connectivity index (χ0n) is 5.36. The van der Waals surface area contributed by atoms with E-state index in [1.165, 1.54) is 0 Å². The highest BCUT2D eigenvalue weighted by Crippen LogP contribution is 2.08. The van der Waals surface area contributed by atoms with Gasteiger partial charge in [-0.25, -0.2) is 5.11 Å². The molecule has 0 aliphatic rings. The molecular formula is C6H12IO. The van der Waals surface area contributed by atoms with Crippen molar-refractivity contribution >= 4 is 22.6 Å². The molecule has 0 aromatic carbocycles. The molecule has 49 valence electrons. The third-order valence-corrected chi connectivity index (χ3v) is 2.50. The standard InChI is InChI=1S/C6H12IO/c1-5(4-7)3-6(2)8/h5-6H,3-4H2,1-2H3. The summed E-state index contributed by atoms with van der Waals surface area (Å²) < 4.78 is 1.10. The number of hydrogen-bond acceptors (Lipinski definition) is 0. The van der Waals surface area contributed by atoms with E-state index in [9.17, 15) is 5.11 Å². The summed E-state index contributed by atoms with van der Waals surface area (Å²) in [5.74, 6) is 0.600. The maximum atomic E-state index is 10.5. The molecule has 1 nitrogen and oxygen atoms in total. The molecule has 2 atom stereocenters. The second-order valence-electron chi connectivity index (χ2n) is 2.31. The van der Waals surface area contributed by atoms with Crippen LogP contribution in [0, 0.1) is 5.92 Å². The van der Waals surface area contributed by atoms with Crippen LogP contribution in [-0.4, -0.2) is 10.5 Å². The second kappa shape index (κ2) is 4.56. The summed E-state index contributed by atoms with van der Waals surface area (Å²) in [5.41, 5.74) is 0. The molecule has 0 spiro atoms. The van der Waals surface area contributed by atoms with Crippen molar-refractivity contribution in [1.29, 1.82) is 0 Å². The predicted octanol–water partition coefficient (Wildman–Crippen LogP) is 2.27. The van der Waals surface area contributed by atoms with Gasteiger partial charge in [-0.3, -0.25) is 0 Å². The molecule has 0 aromatic heterocycles. The Morgan fingerprint density at radius 1 is 1.50 bits per heavy atom. The Bertz CT molecular complexity index is 54.5. The van der Waals surface area contributed by atoms with E-state index >= 15 is 0 Å². The Labute approximate surface area is 64.6 Å². The maximum Gasteiger partial charge on any atom is 0.0904 e. The van der Waals surface area contributed by atoms with Crippen LogP contribution in [0.4, 0.5) is 0 Å². The van der Waals surface area contributed by atoms with E-state index in [0.29, 0.717) is 5.92 Å². The van der Waals surface area contributed by atoms with E-state index in [1.54, 1.807) is 6.92 Å². The van der Waals surface area contributed by atoms with Crippen molar-refractivity contribution in [2.75, 3.05) is 4.43 Å². The van der Waals surface area contributed by atoms with E-state index in [4.69, 9.17) is 0 Å². The summed E-state index contributed by atoms with van der Waals surface area (Å²) in [6.45, 7) is 3.84. The third kappa shape index (κ3) is 4.84. The number of rotatable bonds is 3. The van der Waals surface area contributed by atoms with E-state index < -0.39 is 0 Å². The molecule has 0 saturated heterocycles. The van der Waals surface area contributed by atoms with Crippen LogP contribution in [0.25, 0.3) is 0 Å². The normalized spacial score (nSPS) is 18.0. The smallest absolute Gasteiger partial charge is 0.0904 e. The lowest BCUT2D eigenvalue weighted by molar-refractivity contribution is 0.0872. The SMILES string of the molecule is CC([O])CC(C)CI. The lowest BCUT2D eigenvalue weighted by Gasteiger charge is -2.06. The molecule has 0 fully saturated rings. The van der Waals surface area contributed by atoms with Gasteiger partial charge in [0.15, 0.2) is 0 Å². The van der Waals surface area contributed by atoms with Crippen molar-refractivity contribution in [1.82, 2.24) is 0 Å². The lowest BCUT2D eigenvalue weighted by Crippen LogP contribution is -2.05. The summed E-state index contributed by atoms with van der Waals surface area (Å²) >= 11 is 2.31. The van der Waals surface area contributed by atoms with Crippen LogP contribution in [0.15, 0.2) is 0 Å². The Balaban J connectivity index is 3.10. The molecule has 0 heterocycles. The van der Waals surface area contributed by atoms with Crippen LogP contribution < -0.4 is 0 Å². The van der Waals surface area contributed by atoms with Crippen LogP contribution >= 0.6 is 22.6 Å². The highest BCUT2D eigenvalue weighted by molar-refractivity contribution is 14.1. The molecular weight excluding hydrogens is 215 g/mol. The van der Waals surface area contributed by atoms with E-state index in [2.05, 4.69) is 29.5 Å². The Kier molecular flexibility index (Phi) is 4.95. The number of halogens is 1. The van der Waals surface area contributed by atoms with Gasteiger partial charge in [0, 0.05) is 4.43 Å². The molecule has 0 N–H and O–H groups in total. The van der Waals surface area contributed by atoms with Gasteiger partial charge in [0.05, 0.1) is 6.10 Å². The molecule has 0 rings (SSSR count). The van der Waals surface area contributed by atoms with Crippen molar-refractivity contribution in [2.45, 2.75) is 26.4 Å². The Morgan fingerprint density at radius 3 is 2.12 bits per heavy atom. The summed E-state index contributed by atoms with van der Waals surface area (Å²) in [6, 6.07) is 0. The summed E-state index contributed by atoms with van der Waals surface area (Å²) in [6.07, 6.45) is 0.447. The van der Waals surface area contributed by atoms with Gasteiger partial charge >= 0.3 is 0 Å². The van der Waals surface area contributed by atoms with Gasteiger partial charge in [-0.2, -0.15) is 0 Å². The molecule has 2 unspecified atom stereocenters. The first-order valence-corrected chi connectivity index (χ1v) is 4.41. The maximum absolute atomic E-state index is 10.5. The summed E-state index contributed by atoms with van der Waals surface area (Å²) in [4.78, 5) is 0. The highest BCUT2D eigenvalue weighted by Gasteiger charge is 2.03. The molecule has 0 aromatic rings. The number of hydrogen-bond donors (Lipinski definition) is 0. The average molecular weight is 227 g/mol. The lowest BCUT2D eigenvalue weighted by atomic mass is 10.1. The first kappa shape index (κ1) is 8.69. The summed E-state index contributed by atoms with van der Waals surface area (Å²) in [7, 11) is 0. The predicted molar refractivity (Wildman–Crippen MR) is 42.8 cm³/mol. The molecule has 0 aliphatic carbocycles. The largest absolute Gasteiger partial charge is 0.233 e. The molecule has 0 bridgehead atoms. The zero-order valence-corrected chi connectivity index (χ0v) is 7.51. The van der Waals surface area contributed by atoms with Crippen LogP contribution in [0.1, 0.15) is 20.3 Å². The van der Waals surface area contributed by atoms with Gasteiger partial charge in [-0.05, 0) is 19.3 Å². The van der Waals surface area contributed by atoms with Crippen LogP contribution in [-0.2, 0) is 5.11 Å². The first-order valence-electron chi connectivity index (χ1n) is 2.88. The fraction of sp³-hybridized carbons (Fsp3) is 1.00. The third-order valence-electron chi connectivity index (χ3n) is 0.998. The fourth-order valence-electron chi connectivity index (χ4n) is 0.630. The molecule has 0 amide bonds. The second-order valence-corrected chi connectivity index (χ2v) is 3.19. The van der Waals surface area contributed by atoms with Gasteiger partial charge in [-0.15, -0.1) is 0 Å². The molecule has 1 radical (unpaired) electrons. The highest BCUT2D eigenvalue weighted by atomic mass is 127. The van der Waals surface area contributed by atoms with Gasteiger partial charge in [0.1, 0.15) is 0 Å². The Hall–Kier alpha value is 0.690. The van der Waals surface area contributed by atoms with Gasteiger partial charge in [-0.1, -0.05) is 29.5 Å². The van der Waals surface area contributed by atoms with E-state index in [0.717, 1.165) is 10.8 Å². The average Bonchev–Trinajstić information content (AvgIpc) is 1.65.